The summed E-state index contributed by atoms with van der Waals surface area (Å²) in [5.41, 5.74) is -0.0804. The van der Waals surface area contributed by atoms with Gasteiger partial charge in [0.05, 0.1) is 13.2 Å². The van der Waals surface area contributed by atoms with Gasteiger partial charge in [0.15, 0.2) is 0 Å². The number of rotatable bonds is 5. The number of hydrogen-bond donors (Lipinski definition) is 2. The summed E-state index contributed by atoms with van der Waals surface area (Å²) in [6.07, 6.45) is 0.243. The maximum absolute atomic E-state index is 14.1. The maximum atomic E-state index is 14.1. The summed E-state index contributed by atoms with van der Waals surface area (Å²) in [4.78, 5) is 0. The lowest BCUT2D eigenvalue weighted by Gasteiger charge is -2.31. The molecule has 0 saturated heterocycles. The van der Waals surface area contributed by atoms with Crippen LogP contribution < -0.4 is 0 Å². The molecule has 0 radical (unpaired) electrons. The number of aliphatic hydroxyl groups excluding tert-OH is 2. The van der Waals surface area contributed by atoms with Crippen LogP contribution in [0.15, 0.2) is 46.9 Å². The van der Waals surface area contributed by atoms with Crippen molar-refractivity contribution < 1.29 is 14.6 Å². The molecule has 2 aromatic rings. The minimum Gasteiger partial charge on any atom is -0.395 e. The van der Waals surface area contributed by atoms with E-state index in [0.29, 0.717) is 5.02 Å². The Morgan fingerprint density at radius 1 is 1.10 bits per heavy atom. The van der Waals surface area contributed by atoms with E-state index >= 15 is 0 Å². The molecule has 21 heavy (non-hydrogen) atoms. The van der Waals surface area contributed by atoms with E-state index < -0.39 is 11.2 Å². The van der Waals surface area contributed by atoms with Gasteiger partial charge in [-0.15, -0.1) is 0 Å². The van der Waals surface area contributed by atoms with Crippen molar-refractivity contribution in [1.82, 2.24) is 0 Å². The maximum Gasteiger partial charge on any atom is 0.127 e. The third-order valence-electron chi connectivity index (χ3n) is 3.59. The minimum atomic E-state index is -1.11. The fourth-order valence-corrected chi connectivity index (χ4v) is 3.09. The smallest absolute Gasteiger partial charge is 0.127 e. The average Bonchev–Trinajstić information content (AvgIpc) is 2.48. The molecule has 0 amide bonds. The van der Waals surface area contributed by atoms with E-state index in [2.05, 4.69) is 15.9 Å². The minimum absolute atomic E-state index is 0.243. The van der Waals surface area contributed by atoms with Gasteiger partial charge in [-0.25, -0.2) is 4.39 Å². The Bertz CT molecular complexity index is 629. The summed E-state index contributed by atoms with van der Waals surface area (Å²) in [6, 6.07) is 11.5. The first-order chi connectivity index (χ1) is 10.0. The molecule has 0 aliphatic carbocycles. The van der Waals surface area contributed by atoms with Crippen LogP contribution in [-0.4, -0.2) is 23.4 Å². The van der Waals surface area contributed by atoms with Crippen molar-refractivity contribution in [3.63, 3.8) is 0 Å². The van der Waals surface area contributed by atoms with E-state index in [1.807, 2.05) is 6.07 Å². The monoisotopic (exact) mass is 372 g/mol. The Kier molecular flexibility index (Phi) is 5.38. The van der Waals surface area contributed by atoms with Crippen LogP contribution in [-0.2, 0) is 11.8 Å². The summed E-state index contributed by atoms with van der Waals surface area (Å²) in [5, 5.41) is 20.1. The molecular formula is C16H15BrClFO2. The molecular weight excluding hydrogens is 359 g/mol. The lowest BCUT2D eigenvalue weighted by atomic mass is 9.76. The molecule has 0 unspecified atom stereocenters. The van der Waals surface area contributed by atoms with Crippen molar-refractivity contribution >= 4 is 27.5 Å². The second-order valence-electron chi connectivity index (χ2n) is 4.99. The summed E-state index contributed by atoms with van der Waals surface area (Å²) < 4.78 is 14.9. The van der Waals surface area contributed by atoms with E-state index in [0.717, 1.165) is 10.0 Å². The van der Waals surface area contributed by atoms with Crippen LogP contribution in [0.4, 0.5) is 4.39 Å². The zero-order valence-electron chi connectivity index (χ0n) is 11.2. The van der Waals surface area contributed by atoms with Gasteiger partial charge in [0.25, 0.3) is 0 Å². The van der Waals surface area contributed by atoms with Gasteiger partial charge < -0.3 is 10.2 Å². The summed E-state index contributed by atoms with van der Waals surface area (Å²) >= 11 is 9.51. The van der Waals surface area contributed by atoms with Crippen molar-refractivity contribution in [2.24, 2.45) is 0 Å². The van der Waals surface area contributed by atoms with Crippen LogP contribution in [0.1, 0.15) is 11.1 Å². The Morgan fingerprint density at radius 2 is 1.76 bits per heavy atom. The molecule has 0 aliphatic rings. The Hall–Kier alpha value is -0.940. The lowest BCUT2D eigenvalue weighted by molar-refractivity contribution is 0.113. The van der Waals surface area contributed by atoms with Crippen LogP contribution in [0.2, 0.25) is 5.02 Å². The standard InChI is InChI=1S/C16H15BrClFO2/c17-12-6-5-11(14(18)7-12)8-16(9-20,10-21)13-3-1-2-4-15(13)19/h1-7,20-21H,8-10H2. The molecule has 0 heterocycles. The highest BCUT2D eigenvalue weighted by atomic mass is 79.9. The van der Waals surface area contributed by atoms with Gasteiger partial charge in [-0.2, -0.15) is 0 Å². The first-order valence-electron chi connectivity index (χ1n) is 6.43. The highest BCUT2D eigenvalue weighted by Gasteiger charge is 2.34. The second-order valence-corrected chi connectivity index (χ2v) is 6.31. The van der Waals surface area contributed by atoms with Crippen molar-refractivity contribution in [1.29, 1.82) is 0 Å². The normalized spacial score (nSPS) is 11.7. The highest BCUT2D eigenvalue weighted by molar-refractivity contribution is 9.10. The SMILES string of the molecule is OCC(CO)(Cc1ccc(Br)cc1Cl)c1ccccc1F. The van der Waals surface area contributed by atoms with E-state index in [4.69, 9.17) is 11.6 Å². The summed E-state index contributed by atoms with van der Waals surface area (Å²) in [6.45, 7) is -0.756. The van der Waals surface area contributed by atoms with E-state index in [1.165, 1.54) is 6.07 Å². The number of hydrogen-bond acceptors (Lipinski definition) is 2. The van der Waals surface area contributed by atoms with Crippen LogP contribution >= 0.6 is 27.5 Å². The van der Waals surface area contributed by atoms with Gasteiger partial charge in [0.1, 0.15) is 5.82 Å². The molecule has 5 heteroatoms. The van der Waals surface area contributed by atoms with Crippen molar-refractivity contribution in [3.8, 4) is 0 Å². The van der Waals surface area contributed by atoms with Crippen molar-refractivity contribution in [2.45, 2.75) is 11.8 Å². The molecule has 0 bridgehead atoms. The lowest BCUT2D eigenvalue weighted by Crippen LogP contribution is -2.38. The number of halogens is 3. The van der Waals surface area contributed by atoms with Crippen molar-refractivity contribution in [2.75, 3.05) is 13.2 Å². The van der Waals surface area contributed by atoms with Gasteiger partial charge in [-0.3, -0.25) is 0 Å². The third kappa shape index (κ3) is 3.46. The van der Waals surface area contributed by atoms with Gasteiger partial charge in [-0.1, -0.05) is 51.8 Å². The number of aliphatic hydroxyl groups is 2. The molecule has 2 nitrogen and oxygen atoms in total. The Balaban J connectivity index is 2.46. The number of benzene rings is 2. The molecule has 0 saturated carbocycles. The van der Waals surface area contributed by atoms with Crippen LogP contribution in [0.5, 0.6) is 0 Å². The van der Waals surface area contributed by atoms with Gasteiger partial charge >= 0.3 is 0 Å². The molecule has 2 rings (SSSR count). The fourth-order valence-electron chi connectivity index (χ4n) is 2.35. The molecule has 2 N–H and O–H groups in total. The predicted molar refractivity (Wildman–Crippen MR) is 85.1 cm³/mol. The van der Waals surface area contributed by atoms with Crippen LogP contribution in [0.25, 0.3) is 0 Å². The zero-order chi connectivity index (χ0) is 15.5. The summed E-state index contributed by atoms with van der Waals surface area (Å²) in [5.74, 6) is -0.450. The Morgan fingerprint density at radius 3 is 2.33 bits per heavy atom. The van der Waals surface area contributed by atoms with Crippen LogP contribution in [0, 0.1) is 5.82 Å². The molecule has 0 aliphatic heterocycles. The average molecular weight is 374 g/mol. The van der Waals surface area contributed by atoms with E-state index in [9.17, 15) is 14.6 Å². The van der Waals surface area contributed by atoms with Crippen LogP contribution in [0.3, 0.4) is 0 Å². The molecule has 112 valence electrons. The van der Waals surface area contributed by atoms with Gasteiger partial charge in [-0.05, 0) is 35.7 Å². The third-order valence-corrected chi connectivity index (χ3v) is 4.44. The quantitative estimate of drug-likeness (QED) is 0.839. The first-order valence-corrected chi connectivity index (χ1v) is 7.60. The van der Waals surface area contributed by atoms with E-state index in [-0.39, 0.29) is 25.2 Å². The second kappa shape index (κ2) is 6.88. The van der Waals surface area contributed by atoms with Crippen molar-refractivity contribution in [3.05, 3.63) is 68.9 Å². The first kappa shape index (κ1) is 16.4. The van der Waals surface area contributed by atoms with Gasteiger partial charge in [0, 0.05) is 14.9 Å². The topological polar surface area (TPSA) is 40.5 Å². The molecule has 0 aromatic heterocycles. The summed E-state index contributed by atoms with van der Waals surface area (Å²) in [7, 11) is 0. The molecule has 0 spiro atoms. The van der Waals surface area contributed by atoms with Gasteiger partial charge in [0.2, 0.25) is 0 Å². The molecule has 0 fully saturated rings. The fraction of sp³-hybridized carbons (Fsp3) is 0.250. The predicted octanol–water partition coefficient (Wildman–Crippen LogP) is 3.71. The largest absolute Gasteiger partial charge is 0.395 e. The highest BCUT2D eigenvalue weighted by Crippen LogP contribution is 2.33. The molecule has 2 aromatic carbocycles. The van der Waals surface area contributed by atoms with E-state index in [1.54, 1.807) is 30.3 Å². The molecule has 0 atom stereocenters. The zero-order valence-corrected chi connectivity index (χ0v) is 13.5. The Labute approximate surface area is 136 Å².